The van der Waals surface area contributed by atoms with Crippen molar-refractivity contribution in [3.63, 3.8) is 0 Å². The number of nitrogens with zero attached hydrogens (tertiary/aromatic N) is 1. The van der Waals surface area contributed by atoms with Crippen molar-refractivity contribution in [2.24, 2.45) is 0 Å². The Morgan fingerprint density at radius 2 is 2.12 bits per heavy atom. The molecule has 1 atom stereocenters. The van der Waals surface area contributed by atoms with Crippen LogP contribution in [0.4, 0.5) is 0 Å². The summed E-state index contributed by atoms with van der Waals surface area (Å²) in [5.41, 5.74) is 1.53. The summed E-state index contributed by atoms with van der Waals surface area (Å²) in [7, 11) is 1.59. The third-order valence-electron chi connectivity index (χ3n) is 6.31. The molecule has 4 rings (SSSR count). The van der Waals surface area contributed by atoms with Crippen molar-refractivity contribution in [3.05, 3.63) is 42.2 Å². The van der Waals surface area contributed by atoms with E-state index < -0.39 is 5.92 Å². The second-order valence-electron chi connectivity index (χ2n) is 8.39. The minimum absolute atomic E-state index is 0.0861. The highest BCUT2D eigenvalue weighted by atomic mass is 16.5. The number of carbonyl (C=O) groups is 2. The molecule has 7 heteroatoms. The number of hydrogen-bond acceptors (Lipinski definition) is 6. The first-order valence-corrected chi connectivity index (χ1v) is 11.2. The number of furan rings is 1. The molecule has 1 aliphatic heterocycles. The average molecular weight is 439 g/mol. The number of rotatable bonds is 9. The topological polar surface area (TPSA) is 92.0 Å². The molecule has 170 valence electrons. The monoisotopic (exact) mass is 438 g/mol. The molecule has 1 aromatic heterocycles. The fourth-order valence-corrected chi connectivity index (χ4v) is 4.38. The molecule has 2 heterocycles. The van der Waals surface area contributed by atoms with Gasteiger partial charge in [-0.25, -0.2) is 0 Å². The third kappa shape index (κ3) is 4.95. The molecule has 1 saturated heterocycles. The van der Waals surface area contributed by atoms with Crippen molar-refractivity contribution in [2.75, 3.05) is 33.3 Å². The van der Waals surface area contributed by atoms with Crippen LogP contribution in [0.5, 0.6) is 5.75 Å². The molecule has 1 fully saturated rings. The Morgan fingerprint density at radius 3 is 2.88 bits per heavy atom. The van der Waals surface area contributed by atoms with Crippen LogP contribution in [0, 0.1) is 0 Å². The fraction of sp³-hybridized carbons (Fsp3) is 0.440. The van der Waals surface area contributed by atoms with Crippen LogP contribution in [-0.4, -0.2) is 61.6 Å². The number of ether oxygens (including phenoxy) is 1. The zero-order valence-electron chi connectivity index (χ0n) is 18.4. The molecule has 0 saturated carbocycles. The maximum absolute atomic E-state index is 11.8. The molecular formula is C25H30N2O5. The highest BCUT2D eigenvalue weighted by Gasteiger charge is 2.20. The first-order chi connectivity index (χ1) is 15.6. The Morgan fingerprint density at radius 1 is 1.31 bits per heavy atom. The van der Waals surface area contributed by atoms with Crippen molar-refractivity contribution in [2.45, 2.75) is 37.7 Å². The number of likely N-dealkylation sites (tertiary alicyclic amines) is 1. The summed E-state index contributed by atoms with van der Waals surface area (Å²) in [5.74, 6) is 0.306. The van der Waals surface area contributed by atoms with Gasteiger partial charge in [-0.2, -0.15) is 0 Å². The number of carbonyl (C=O) groups excluding carboxylic acids is 2. The normalized spacial score (nSPS) is 16.3. The lowest BCUT2D eigenvalue weighted by Crippen LogP contribution is -2.38. The van der Waals surface area contributed by atoms with Crippen LogP contribution in [0.1, 0.15) is 37.2 Å². The van der Waals surface area contributed by atoms with E-state index in [0.29, 0.717) is 13.0 Å². The van der Waals surface area contributed by atoms with Crippen LogP contribution in [-0.2, 0) is 9.59 Å². The number of aliphatic hydroxyl groups excluding tert-OH is 1. The molecule has 1 unspecified atom stereocenters. The number of amides is 1. The van der Waals surface area contributed by atoms with Crippen molar-refractivity contribution in [1.29, 1.82) is 0 Å². The summed E-state index contributed by atoms with van der Waals surface area (Å²) >= 11 is 0. The van der Waals surface area contributed by atoms with Gasteiger partial charge in [-0.3, -0.25) is 9.69 Å². The fourth-order valence-electron chi connectivity index (χ4n) is 4.38. The second-order valence-corrected chi connectivity index (χ2v) is 8.39. The van der Waals surface area contributed by atoms with Crippen molar-refractivity contribution >= 4 is 33.9 Å². The summed E-state index contributed by atoms with van der Waals surface area (Å²) < 4.78 is 11.7. The Kier molecular flexibility index (Phi) is 7.07. The minimum Gasteiger partial charge on any atom is -0.492 e. The van der Waals surface area contributed by atoms with E-state index in [4.69, 9.17) is 9.15 Å². The SMILES string of the molecule is CNC(=O)CCC(C=O)c1coc2ccc3cc(OCCN4CCC(O)CC4)ccc3c12. The maximum atomic E-state index is 11.8. The summed E-state index contributed by atoms with van der Waals surface area (Å²) in [6.07, 6.45) is 4.72. The summed E-state index contributed by atoms with van der Waals surface area (Å²) in [6.45, 7) is 3.23. The first kappa shape index (κ1) is 22.3. The summed E-state index contributed by atoms with van der Waals surface area (Å²) in [6, 6.07) is 9.85. The molecule has 2 aromatic carbocycles. The van der Waals surface area contributed by atoms with E-state index in [1.807, 2.05) is 30.3 Å². The van der Waals surface area contributed by atoms with Gasteiger partial charge in [0.05, 0.1) is 12.4 Å². The number of nitrogens with one attached hydrogen (secondary N) is 1. The number of piperidine rings is 1. The van der Waals surface area contributed by atoms with Crippen molar-refractivity contribution < 1.29 is 23.8 Å². The quantitative estimate of drug-likeness (QED) is 0.499. The maximum Gasteiger partial charge on any atom is 0.219 e. The number of aldehydes is 1. The molecule has 0 bridgehead atoms. The molecule has 1 aliphatic rings. The van der Waals surface area contributed by atoms with Crippen LogP contribution >= 0.6 is 0 Å². The molecule has 0 spiro atoms. The van der Waals surface area contributed by atoms with Gasteiger partial charge < -0.3 is 24.4 Å². The number of aliphatic hydroxyl groups is 1. The van der Waals surface area contributed by atoms with E-state index in [-0.39, 0.29) is 18.4 Å². The van der Waals surface area contributed by atoms with Crippen LogP contribution < -0.4 is 10.1 Å². The number of fused-ring (bicyclic) bond motifs is 3. The van der Waals surface area contributed by atoms with E-state index in [2.05, 4.69) is 10.2 Å². The third-order valence-corrected chi connectivity index (χ3v) is 6.31. The van der Waals surface area contributed by atoms with Crippen LogP contribution in [0.15, 0.2) is 41.0 Å². The van der Waals surface area contributed by atoms with E-state index in [9.17, 15) is 14.7 Å². The average Bonchev–Trinajstić information content (AvgIpc) is 3.25. The smallest absolute Gasteiger partial charge is 0.219 e. The molecule has 1 amide bonds. The molecular weight excluding hydrogens is 408 g/mol. The predicted molar refractivity (Wildman–Crippen MR) is 123 cm³/mol. The van der Waals surface area contributed by atoms with Crippen molar-refractivity contribution in [3.8, 4) is 5.75 Å². The van der Waals surface area contributed by atoms with Gasteiger partial charge in [0.1, 0.15) is 24.2 Å². The predicted octanol–water partition coefficient (Wildman–Crippen LogP) is 3.23. The molecule has 3 aromatic rings. The highest BCUT2D eigenvalue weighted by Crippen LogP contribution is 2.36. The van der Waals surface area contributed by atoms with Crippen LogP contribution in [0.3, 0.4) is 0 Å². The minimum atomic E-state index is -0.405. The van der Waals surface area contributed by atoms with E-state index in [1.54, 1.807) is 13.3 Å². The molecule has 0 aliphatic carbocycles. The second kappa shape index (κ2) is 10.1. The van der Waals surface area contributed by atoms with E-state index in [0.717, 1.165) is 71.8 Å². The van der Waals surface area contributed by atoms with E-state index >= 15 is 0 Å². The molecule has 2 N–H and O–H groups in total. The highest BCUT2D eigenvalue weighted by molar-refractivity contribution is 6.08. The first-order valence-electron chi connectivity index (χ1n) is 11.2. The Bertz CT molecular complexity index is 1080. The Labute approximate surface area is 187 Å². The van der Waals surface area contributed by atoms with Crippen LogP contribution in [0.2, 0.25) is 0 Å². The molecule has 32 heavy (non-hydrogen) atoms. The Balaban J connectivity index is 1.50. The van der Waals surface area contributed by atoms with Gasteiger partial charge in [0.25, 0.3) is 0 Å². The summed E-state index contributed by atoms with van der Waals surface area (Å²) in [5, 5.41) is 15.1. The van der Waals surface area contributed by atoms with Gasteiger partial charge in [-0.05, 0) is 54.3 Å². The lowest BCUT2D eigenvalue weighted by molar-refractivity contribution is -0.120. The van der Waals surface area contributed by atoms with Crippen LogP contribution in [0.25, 0.3) is 21.7 Å². The van der Waals surface area contributed by atoms with Gasteiger partial charge in [0.15, 0.2) is 0 Å². The number of hydrogen-bond donors (Lipinski definition) is 2. The zero-order valence-corrected chi connectivity index (χ0v) is 18.4. The van der Waals surface area contributed by atoms with Crippen molar-refractivity contribution in [1.82, 2.24) is 10.2 Å². The van der Waals surface area contributed by atoms with Gasteiger partial charge in [-0.15, -0.1) is 0 Å². The lowest BCUT2D eigenvalue weighted by atomic mass is 9.92. The van der Waals surface area contributed by atoms with Gasteiger partial charge in [0, 0.05) is 50.0 Å². The molecule has 0 radical (unpaired) electrons. The van der Waals surface area contributed by atoms with Gasteiger partial charge >= 0.3 is 0 Å². The zero-order chi connectivity index (χ0) is 22.5. The largest absolute Gasteiger partial charge is 0.492 e. The number of benzene rings is 2. The van der Waals surface area contributed by atoms with Gasteiger partial charge in [0.2, 0.25) is 5.91 Å². The lowest BCUT2D eigenvalue weighted by Gasteiger charge is -2.29. The Hall–Kier alpha value is -2.90. The van der Waals surface area contributed by atoms with Gasteiger partial charge in [-0.1, -0.05) is 6.07 Å². The summed E-state index contributed by atoms with van der Waals surface area (Å²) in [4.78, 5) is 25.7. The molecule has 7 nitrogen and oxygen atoms in total. The standard InChI is InChI=1S/C25H30N2O5/c1-26-24(30)7-3-18(15-28)22-16-32-23-6-2-17-14-20(4-5-21(17)25(22)23)31-13-12-27-10-8-19(29)9-11-27/h2,4-6,14-16,18-19,29H,3,7-13H2,1H3,(H,26,30). The van der Waals surface area contributed by atoms with E-state index in [1.165, 1.54) is 0 Å².